The number of hydrogen-bond donors (Lipinski definition) is 3. The fraction of sp³-hybridized carbons (Fsp3) is 0.0909. The van der Waals surface area contributed by atoms with E-state index in [1.165, 1.54) is 0 Å². The Hall–Kier alpha value is -3.80. The van der Waals surface area contributed by atoms with Crippen molar-refractivity contribution in [1.29, 1.82) is 0 Å². The lowest BCUT2D eigenvalue weighted by Crippen LogP contribution is -2.12. The summed E-state index contributed by atoms with van der Waals surface area (Å²) in [5, 5.41) is 7.11. The smallest absolute Gasteiger partial charge is 0.291 e. The SMILES string of the molecule is Cc1c(C(=O)Nc2cccc(CNc3cccnc3N)c2)oc2ccccc12. The van der Waals surface area contributed by atoms with Gasteiger partial charge in [-0.1, -0.05) is 30.3 Å². The Morgan fingerprint density at radius 1 is 1.11 bits per heavy atom. The van der Waals surface area contributed by atoms with Crippen molar-refractivity contribution in [2.45, 2.75) is 13.5 Å². The number of aryl methyl sites for hydroxylation is 1. The maximum Gasteiger partial charge on any atom is 0.291 e. The van der Waals surface area contributed by atoms with Gasteiger partial charge in [0.05, 0.1) is 5.69 Å². The number of aromatic nitrogens is 1. The summed E-state index contributed by atoms with van der Waals surface area (Å²) < 4.78 is 5.74. The van der Waals surface area contributed by atoms with E-state index in [1.54, 1.807) is 6.20 Å². The fourth-order valence-corrected chi connectivity index (χ4v) is 3.10. The Morgan fingerprint density at radius 2 is 1.96 bits per heavy atom. The van der Waals surface area contributed by atoms with Crippen molar-refractivity contribution < 1.29 is 9.21 Å². The highest BCUT2D eigenvalue weighted by molar-refractivity contribution is 6.06. The van der Waals surface area contributed by atoms with Crippen LogP contribution in [-0.2, 0) is 6.54 Å². The Labute approximate surface area is 162 Å². The van der Waals surface area contributed by atoms with Crippen LogP contribution in [0.2, 0.25) is 0 Å². The van der Waals surface area contributed by atoms with Crippen molar-refractivity contribution in [3.63, 3.8) is 0 Å². The Kier molecular flexibility index (Phi) is 4.68. The average Bonchev–Trinajstić information content (AvgIpc) is 3.05. The fourth-order valence-electron chi connectivity index (χ4n) is 3.10. The molecule has 0 radical (unpaired) electrons. The molecule has 4 N–H and O–H groups in total. The molecule has 2 aromatic heterocycles. The predicted molar refractivity (Wildman–Crippen MR) is 111 cm³/mol. The van der Waals surface area contributed by atoms with Gasteiger partial charge < -0.3 is 20.8 Å². The minimum Gasteiger partial charge on any atom is -0.451 e. The first-order valence-electron chi connectivity index (χ1n) is 8.94. The van der Waals surface area contributed by atoms with Gasteiger partial charge in [-0.05, 0) is 42.8 Å². The van der Waals surface area contributed by atoms with Crippen molar-refractivity contribution in [3.8, 4) is 0 Å². The van der Waals surface area contributed by atoms with Crippen molar-refractivity contribution in [1.82, 2.24) is 4.98 Å². The van der Waals surface area contributed by atoms with E-state index >= 15 is 0 Å². The monoisotopic (exact) mass is 372 g/mol. The van der Waals surface area contributed by atoms with E-state index in [4.69, 9.17) is 10.2 Å². The minimum absolute atomic E-state index is 0.268. The zero-order valence-electron chi connectivity index (χ0n) is 15.4. The molecule has 0 aliphatic carbocycles. The number of pyridine rings is 1. The lowest BCUT2D eigenvalue weighted by Gasteiger charge is -2.10. The third-order valence-electron chi connectivity index (χ3n) is 4.56. The van der Waals surface area contributed by atoms with E-state index in [-0.39, 0.29) is 5.91 Å². The molecule has 2 aromatic carbocycles. The van der Waals surface area contributed by atoms with Gasteiger partial charge in [-0.3, -0.25) is 4.79 Å². The normalized spacial score (nSPS) is 10.8. The van der Waals surface area contributed by atoms with E-state index in [0.717, 1.165) is 22.2 Å². The van der Waals surface area contributed by atoms with Gasteiger partial charge in [0.15, 0.2) is 5.76 Å². The summed E-state index contributed by atoms with van der Waals surface area (Å²) in [6.07, 6.45) is 1.65. The number of para-hydroxylation sites is 1. The molecular formula is C22H20N4O2. The third-order valence-corrected chi connectivity index (χ3v) is 4.56. The molecule has 0 unspecified atom stereocenters. The van der Waals surface area contributed by atoms with E-state index in [9.17, 15) is 4.79 Å². The maximum absolute atomic E-state index is 12.7. The summed E-state index contributed by atoms with van der Waals surface area (Å²) in [5.41, 5.74) is 9.86. The number of nitrogens with two attached hydrogens (primary N) is 1. The number of nitrogens with one attached hydrogen (secondary N) is 2. The summed E-state index contributed by atoms with van der Waals surface area (Å²) >= 11 is 0. The molecule has 1 amide bonds. The summed E-state index contributed by atoms with van der Waals surface area (Å²) in [6, 6.07) is 18.9. The molecule has 6 heteroatoms. The molecular weight excluding hydrogens is 352 g/mol. The number of hydrogen-bond acceptors (Lipinski definition) is 5. The van der Waals surface area contributed by atoms with Crippen LogP contribution in [0.25, 0.3) is 11.0 Å². The third kappa shape index (κ3) is 3.53. The molecule has 0 saturated carbocycles. The van der Waals surface area contributed by atoms with Crippen LogP contribution in [0.4, 0.5) is 17.2 Å². The van der Waals surface area contributed by atoms with Gasteiger partial charge in [0, 0.05) is 29.4 Å². The minimum atomic E-state index is -0.268. The maximum atomic E-state index is 12.7. The molecule has 140 valence electrons. The van der Waals surface area contributed by atoms with Gasteiger partial charge in [0.2, 0.25) is 0 Å². The molecule has 4 rings (SSSR count). The largest absolute Gasteiger partial charge is 0.451 e. The molecule has 0 bridgehead atoms. The molecule has 0 atom stereocenters. The van der Waals surface area contributed by atoms with Gasteiger partial charge in [0.25, 0.3) is 5.91 Å². The standard InChI is InChI=1S/C22H20N4O2/c1-14-17-8-2-3-10-19(17)28-20(14)22(27)26-16-7-4-6-15(12-16)13-25-18-9-5-11-24-21(18)23/h2-12,25H,13H2,1H3,(H2,23,24)(H,26,27). The van der Waals surface area contributed by atoms with Crippen LogP contribution in [0.15, 0.2) is 71.3 Å². The number of nitrogen functional groups attached to an aromatic ring is 1. The second-order valence-electron chi connectivity index (χ2n) is 6.50. The van der Waals surface area contributed by atoms with Crippen LogP contribution in [0.1, 0.15) is 21.7 Å². The van der Waals surface area contributed by atoms with E-state index < -0.39 is 0 Å². The second kappa shape index (κ2) is 7.44. The Bertz CT molecular complexity index is 1150. The number of benzene rings is 2. The van der Waals surface area contributed by atoms with Gasteiger partial charge in [-0.2, -0.15) is 0 Å². The average molecular weight is 372 g/mol. The topological polar surface area (TPSA) is 93.2 Å². The van der Waals surface area contributed by atoms with Crippen molar-refractivity contribution in [2.24, 2.45) is 0 Å². The van der Waals surface area contributed by atoms with Gasteiger partial charge in [0.1, 0.15) is 11.4 Å². The number of carbonyl (C=O) groups excluding carboxylic acids is 1. The first-order chi connectivity index (χ1) is 13.6. The van der Waals surface area contributed by atoms with Crippen LogP contribution in [0.3, 0.4) is 0 Å². The molecule has 4 aromatic rings. The highest BCUT2D eigenvalue weighted by Crippen LogP contribution is 2.26. The van der Waals surface area contributed by atoms with Crippen LogP contribution >= 0.6 is 0 Å². The summed E-state index contributed by atoms with van der Waals surface area (Å²) in [7, 11) is 0. The zero-order chi connectivity index (χ0) is 19.5. The van der Waals surface area contributed by atoms with Gasteiger partial charge in [-0.15, -0.1) is 0 Å². The highest BCUT2D eigenvalue weighted by atomic mass is 16.3. The van der Waals surface area contributed by atoms with E-state index in [2.05, 4.69) is 15.6 Å². The number of fused-ring (bicyclic) bond motifs is 1. The Morgan fingerprint density at radius 3 is 2.79 bits per heavy atom. The lowest BCUT2D eigenvalue weighted by molar-refractivity contribution is 0.0998. The highest BCUT2D eigenvalue weighted by Gasteiger charge is 2.17. The number of carbonyl (C=O) groups is 1. The molecule has 0 saturated heterocycles. The van der Waals surface area contributed by atoms with E-state index in [1.807, 2.05) is 67.6 Å². The van der Waals surface area contributed by atoms with Crippen LogP contribution < -0.4 is 16.4 Å². The number of anilines is 3. The summed E-state index contributed by atoms with van der Waals surface area (Å²) in [5.74, 6) is 0.510. The first-order valence-corrected chi connectivity index (χ1v) is 8.94. The number of amides is 1. The number of rotatable bonds is 5. The molecule has 2 heterocycles. The molecule has 0 fully saturated rings. The predicted octanol–water partition coefficient (Wildman–Crippen LogP) is 4.58. The molecule has 28 heavy (non-hydrogen) atoms. The van der Waals surface area contributed by atoms with Gasteiger partial charge in [-0.25, -0.2) is 4.98 Å². The molecule has 6 nitrogen and oxygen atoms in total. The van der Waals surface area contributed by atoms with Crippen LogP contribution in [0.5, 0.6) is 0 Å². The van der Waals surface area contributed by atoms with Crippen LogP contribution in [0, 0.1) is 6.92 Å². The van der Waals surface area contributed by atoms with Gasteiger partial charge >= 0.3 is 0 Å². The lowest BCUT2D eigenvalue weighted by atomic mass is 10.1. The summed E-state index contributed by atoms with van der Waals surface area (Å²) in [6.45, 7) is 2.45. The molecule has 0 aliphatic heterocycles. The van der Waals surface area contributed by atoms with E-state index in [0.29, 0.717) is 29.4 Å². The first kappa shape index (κ1) is 17.6. The van der Waals surface area contributed by atoms with Crippen LogP contribution in [-0.4, -0.2) is 10.9 Å². The second-order valence-corrected chi connectivity index (χ2v) is 6.50. The quantitative estimate of drug-likeness (QED) is 0.477. The zero-order valence-corrected chi connectivity index (χ0v) is 15.4. The van der Waals surface area contributed by atoms with Crippen molar-refractivity contribution >= 4 is 34.1 Å². The van der Waals surface area contributed by atoms with Crippen molar-refractivity contribution in [3.05, 3.63) is 83.7 Å². The number of furan rings is 1. The molecule has 0 spiro atoms. The Balaban J connectivity index is 1.49. The summed E-state index contributed by atoms with van der Waals surface area (Å²) in [4.78, 5) is 16.8. The number of nitrogens with zero attached hydrogens (tertiary/aromatic N) is 1. The molecule has 0 aliphatic rings. The van der Waals surface area contributed by atoms with Crippen molar-refractivity contribution in [2.75, 3.05) is 16.4 Å².